The van der Waals surface area contributed by atoms with Gasteiger partial charge in [0.1, 0.15) is 6.04 Å². The van der Waals surface area contributed by atoms with E-state index in [2.05, 4.69) is 19.2 Å². The molecule has 1 rings (SSSR count). The highest BCUT2D eigenvalue weighted by molar-refractivity contribution is 7.99. The standard InChI is InChI=1S/C13H25NO2S/c1-3-7-14-12(13(15)16)9-17-11-6-4-5-10(2)8-11/h10-12,14H,3-9H2,1-2H3,(H,15,16). The zero-order valence-corrected chi connectivity index (χ0v) is 11.8. The van der Waals surface area contributed by atoms with Gasteiger partial charge in [0, 0.05) is 11.0 Å². The molecule has 4 heteroatoms. The maximum Gasteiger partial charge on any atom is 0.321 e. The Kier molecular flexibility index (Phi) is 6.97. The number of nitrogens with one attached hydrogen (secondary N) is 1. The van der Waals surface area contributed by atoms with E-state index in [9.17, 15) is 4.79 Å². The number of carboxylic acid groups (broad SMARTS) is 1. The van der Waals surface area contributed by atoms with Crippen LogP contribution in [-0.2, 0) is 4.79 Å². The van der Waals surface area contributed by atoms with E-state index in [4.69, 9.17) is 5.11 Å². The van der Waals surface area contributed by atoms with Gasteiger partial charge in [-0.25, -0.2) is 0 Å². The van der Waals surface area contributed by atoms with Crippen molar-refractivity contribution in [3.63, 3.8) is 0 Å². The summed E-state index contributed by atoms with van der Waals surface area (Å²) in [6.45, 7) is 5.15. The third-order valence-corrected chi connectivity index (χ3v) is 4.75. The molecule has 3 atom stereocenters. The first-order valence-electron chi connectivity index (χ1n) is 6.71. The molecule has 0 amide bonds. The number of carboxylic acids is 1. The molecule has 1 aliphatic rings. The summed E-state index contributed by atoms with van der Waals surface area (Å²) in [4.78, 5) is 11.1. The van der Waals surface area contributed by atoms with Gasteiger partial charge in [0.15, 0.2) is 0 Å². The van der Waals surface area contributed by atoms with Crippen LogP contribution in [-0.4, -0.2) is 34.7 Å². The van der Waals surface area contributed by atoms with Crippen LogP contribution in [0.3, 0.4) is 0 Å². The van der Waals surface area contributed by atoms with E-state index in [0.29, 0.717) is 11.0 Å². The van der Waals surface area contributed by atoms with Crippen molar-refractivity contribution in [3.05, 3.63) is 0 Å². The number of thioether (sulfide) groups is 1. The average molecular weight is 259 g/mol. The highest BCUT2D eigenvalue weighted by Crippen LogP contribution is 2.32. The van der Waals surface area contributed by atoms with Gasteiger partial charge in [0.2, 0.25) is 0 Å². The molecule has 2 N–H and O–H groups in total. The molecule has 0 aromatic heterocycles. The summed E-state index contributed by atoms with van der Waals surface area (Å²) in [5.41, 5.74) is 0. The lowest BCUT2D eigenvalue weighted by molar-refractivity contribution is -0.138. The Balaban J connectivity index is 2.27. The second-order valence-electron chi connectivity index (χ2n) is 5.07. The van der Waals surface area contributed by atoms with Crippen LogP contribution in [0.25, 0.3) is 0 Å². The van der Waals surface area contributed by atoms with Crippen molar-refractivity contribution in [2.45, 2.75) is 57.2 Å². The fourth-order valence-corrected chi connectivity index (χ4v) is 3.82. The second kappa shape index (κ2) is 7.98. The lowest BCUT2D eigenvalue weighted by Crippen LogP contribution is -2.39. The van der Waals surface area contributed by atoms with Crippen LogP contribution >= 0.6 is 11.8 Å². The lowest BCUT2D eigenvalue weighted by atomic mass is 9.91. The fraction of sp³-hybridized carbons (Fsp3) is 0.923. The topological polar surface area (TPSA) is 49.3 Å². The molecule has 3 unspecified atom stereocenters. The normalized spacial score (nSPS) is 26.7. The average Bonchev–Trinajstić information content (AvgIpc) is 2.28. The van der Waals surface area contributed by atoms with Crippen molar-refractivity contribution in [1.29, 1.82) is 0 Å². The van der Waals surface area contributed by atoms with Gasteiger partial charge in [-0.2, -0.15) is 11.8 Å². The number of carbonyl (C=O) groups is 1. The molecular weight excluding hydrogens is 234 g/mol. The van der Waals surface area contributed by atoms with E-state index in [1.54, 1.807) is 0 Å². The Morgan fingerprint density at radius 3 is 2.88 bits per heavy atom. The van der Waals surface area contributed by atoms with Crippen LogP contribution < -0.4 is 5.32 Å². The minimum atomic E-state index is -0.713. The number of rotatable bonds is 7. The smallest absolute Gasteiger partial charge is 0.321 e. The summed E-state index contributed by atoms with van der Waals surface area (Å²) in [5.74, 6) is 0.801. The first-order valence-corrected chi connectivity index (χ1v) is 7.76. The van der Waals surface area contributed by atoms with Crippen LogP contribution in [0, 0.1) is 5.92 Å². The van der Waals surface area contributed by atoms with E-state index in [0.717, 1.165) is 18.9 Å². The number of aliphatic carboxylic acids is 1. The Bertz CT molecular complexity index is 235. The van der Waals surface area contributed by atoms with E-state index < -0.39 is 5.97 Å². The minimum absolute atomic E-state index is 0.378. The summed E-state index contributed by atoms with van der Waals surface area (Å²) >= 11 is 1.84. The zero-order valence-electron chi connectivity index (χ0n) is 10.9. The molecule has 0 aromatic rings. The van der Waals surface area contributed by atoms with E-state index in [1.807, 2.05) is 11.8 Å². The maximum atomic E-state index is 11.1. The SMILES string of the molecule is CCCNC(CSC1CCCC(C)C1)C(=O)O. The molecule has 17 heavy (non-hydrogen) atoms. The Morgan fingerprint density at radius 2 is 2.29 bits per heavy atom. The van der Waals surface area contributed by atoms with Gasteiger partial charge in [-0.15, -0.1) is 0 Å². The maximum absolute atomic E-state index is 11.1. The van der Waals surface area contributed by atoms with Crippen molar-refractivity contribution >= 4 is 17.7 Å². The molecule has 0 aromatic carbocycles. The quantitative estimate of drug-likeness (QED) is 0.738. The first kappa shape index (κ1) is 14.8. The zero-order chi connectivity index (χ0) is 12.7. The lowest BCUT2D eigenvalue weighted by Gasteiger charge is -2.27. The summed E-state index contributed by atoms with van der Waals surface area (Å²) in [6, 6.07) is -0.378. The number of hydrogen-bond acceptors (Lipinski definition) is 3. The van der Waals surface area contributed by atoms with Crippen molar-refractivity contribution in [2.75, 3.05) is 12.3 Å². The summed E-state index contributed by atoms with van der Waals surface area (Å²) in [5, 5.41) is 12.9. The van der Waals surface area contributed by atoms with E-state index >= 15 is 0 Å². The first-order chi connectivity index (χ1) is 8.13. The summed E-state index contributed by atoms with van der Waals surface area (Å²) in [6.07, 6.45) is 6.14. The summed E-state index contributed by atoms with van der Waals surface area (Å²) in [7, 11) is 0. The minimum Gasteiger partial charge on any atom is -0.480 e. The van der Waals surface area contributed by atoms with Crippen LogP contribution in [0.15, 0.2) is 0 Å². The number of hydrogen-bond donors (Lipinski definition) is 2. The van der Waals surface area contributed by atoms with Gasteiger partial charge in [-0.05, 0) is 31.7 Å². The molecule has 0 saturated heterocycles. The highest BCUT2D eigenvalue weighted by atomic mass is 32.2. The predicted octanol–water partition coefficient (Wildman–Crippen LogP) is 2.75. The van der Waals surface area contributed by atoms with Gasteiger partial charge in [0.25, 0.3) is 0 Å². The van der Waals surface area contributed by atoms with Gasteiger partial charge in [-0.3, -0.25) is 4.79 Å². The molecule has 1 aliphatic carbocycles. The molecule has 1 saturated carbocycles. The molecular formula is C13H25NO2S. The molecule has 0 bridgehead atoms. The third kappa shape index (κ3) is 5.77. The molecule has 100 valence electrons. The van der Waals surface area contributed by atoms with Crippen LogP contribution in [0.4, 0.5) is 0 Å². The van der Waals surface area contributed by atoms with Gasteiger partial charge >= 0.3 is 5.97 Å². The van der Waals surface area contributed by atoms with Gasteiger partial charge < -0.3 is 10.4 Å². The Labute approximate surface area is 109 Å². The predicted molar refractivity (Wildman–Crippen MR) is 73.6 cm³/mol. The van der Waals surface area contributed by atoms with Crippen molar-refractivity contribution in [2.24, 2.45) is 5.92 Å². The largest absolute Gasteiger partial charge is 0.480 e. The molecule has 0 heterocycles. The molecule has 0 aliphatic heterocycles. The fourth-order valence-electron chi connectivity index (χ4n) is 2.30. The van der Waals surface area contributed by atoms with Crippen LogP contribution in [0.1, 0.15) is 46.0 Å². The van der Waals surface area contributed by atoms with Crippen LogP contribution in [0.2, 0.25) is 0 Å². The van der Waals surface area contributed by atoms with Crippen molar-refractivity contribution < 1.29 is 9.90 Å². The van der Waals surface area contributed by atoms with E-state index in [1.165, 1.54) is 25.7 Å². The van der Waals surface area contributed by atoms with Gasteiger partial charge in [-0.1, -0.05) is 26.7 Å². The third-order valence-electron chi connectivity index (χ3n) is 3.33. The van der Waals surface area contributed by atoms with E-state index in [-0.39, 0.29) is 6.04 Å². The molecule has 0 spiro atoms. The van der Waals surface area contributed by atoms with Crippen LogP contribution in [0.5, 0.6) is 0 Å². The molecule has 3 nitrogen and oxygen atoms in total. The highest BCUT2D eigenvalue weighted by Gasteiger charge is 2.22. The Morgan fingerprint density at radius 1 is 1.53 bits per heavy atom. The Hall–Kier alpha value is -0.220. The van der Waals surface area contributed by atoms with Crippen molar-refractivity contribution in [3.8, 4) is 0 Å². The summed E-state index contributed by atoms with van der Waals surface area (Å²) < 4.78 is 0. The van der Waals surface area contributed by atoms with Crippen molar-refractivity contribution in [1.82, 2.24) is 5.32 Å². The molecule has 0 radical (unpaired) electrons. The molecule has 1 fully saturated rings. The monoisotopic (exact) mass is 259 g/mol. The second-order valence-corrected chi connectivity index (χ2v) is 6.41. The van der Waals surface area contributed by atoms with Gasteiger partial charge in [0.05, 0.1) is 0 Å².